The Kier molecular flexibility index (Phi) is 3.65. The van der Waals surface area contributed by atoms with Crippen LogP contribution in [0, 0.1) is 17.2 Å². The van der Waals surface area contributed by atoms with Crippen LogP contribution in [-0.2, 0) is 4.79 Å². The highest BCUT2D eigenvalue weighted by Gasteiger charge is 2.57. The number of piperidine rings is 1. The summed E-state index contributed by atoms with van der Waals surface area (Å²) in [5.74, 6) is 1.04. The smallest absolute Gasteiger partial charge is 0.224 e. The van der Waals surface area contributed by atoms with Gasteiger partial charge >= 0.3 is 0 Å². The van der Waals surface area contributed by atoms with E-state index in [1.807, 2.05) is 6.07 Å². The molecule has 1 saturated heterocycles. The lowest BCUT2D eigenvalue weighted by Crippen LogP contribution is -2.36. The molecule has 3 aliphatic rings. The molecule has 2 unspecified atom stereocenters. The minimum absolute atomic E-state index is 0.0289. The zero-order valence-corrected chi connectivity index (χ0v) is 13.3. The fourth-order valence-electron chi connectivity index (χ4n) is 4.00. The predicted octanol–water partition coefficient (Wildman–Crippen LogP) is 2.87. The molecule has 1 aromatic rings. The maximum Gasteiger partial charge on any atom is 0.224 e. The molecule has 1 aromatic carbocycles. The van der Waals surface area contributed by atoms with E-state index in [4.69, 9.17) is 0 Å². The van der Waals surface area contributed by atoms with Gasteiger partial charge in [0.05, 0.1) is 6.04 Å². The van der Waals surface area contributed by atoms with Crippen LogP contribution < -0.4 is 10.6 Å². The van der Waals surface area contributed by atoms with Crippen LogP contribution in [0.4, 0.5) is 4.39 Å². The maximum absolute atomic E-state index is 13.9. The minimum Gasteiger partial charge on any atom is -0.349 e. The van der Waals surface area contributed by atoms with E-state index in [1.54, 1.807) is 17.8 Å². The monoisotopic (exact) mass is 320 g/mol. The molecule has 2 fully saturated rings. The van der Waals surface area contributed by atoms with E-state index in [-0.39, 0.29) is 29.1 Å². The van der Waals surface area contributed by atoms with Gasteiger partial charge in [0.25, 0.3) is 0 Å². The van der Waals surface area contributed by atoms with Crippen molar-refractivity contribution in [2.75, 3.05) is 18.8 Å². The Bertz CT molecular complexity index is 600. The number of carbonyl (C=O) groups excluding carboxylic acids is 1. The largest absolute Gasteiger partial charge is 0.349 e. The summed E-state index contributed by atoms with van der Waals surface area (Å²) in [6.07, 6.45) is 4.12. The summed E-state index contributed by atoms with van der Waals surface area (Å²) in [4.78, 5) is 13.3. The van der Waals surface area contributed by atoms with Gasteiger partial charge in [-0.1, -0.05) is 12.1 Å². The highest BCUT2D eigenvalue weighted by Crippen LogP contribution is 2.58. The van der Waals surface area contributed by atoms with Crippen molar-refractivity contribution in [2.24, 2.45) is 11.3 Å². The highest BCUT2D eigenvalue weighted by molar-refractivity contribution is 7.99. The normalized spacial score (nSPS) is 29.0. The molecule has 0 aromatic heterocycles. The highest BCUT2D eigenvalue weighted by atomic mass is 32.2. The summed E-state index contributed by atoms with van der Waals surface area (Å²) in [6.45, 7) is 2.05. The number of carbonyl (C=O) groups is 1. The van der Waals surface area contributed by atoms with Crippen molar-refractivity contribution in [1.82, 2.24) is 10.6 Å². The number of hydrogen-bond acceptors (Lipinski definition) is 3. The third kappa shape index (κ3) is 2.44. The second kappa shape index (κ2) is 5.53. The molecule has 5 heteroatoms. The Hall–Kier alpha value is -1.07. The molecule has 1 aliphatic carbocycles. The van der Waals surface area contributed by atoms with Crippen LogP contribution in [0.25, 0.3) is 0 Å². The Morgan fingerprint density at radius 1 is 1.36 bits per heavy atom. The van der Waals surface area contributed by atoms with Crippen molar-refractivity contribution in [2.45, 2.75) is 36.6 Å². The Morgan fingerprint density at radius 3 is 3.00 bits per heavy atom. The lowest BCUT2D eigenvalue weighted by Gasteiger charge is -2.27. The molecule has 1 amide bonds. The van der Waals surface area contributed by atoms with Gasteiger partial charge in [-0.05, 0) is 55.8 Å². The zero-order chi connectivity index (χ0) is 15.2. The number of rotatable bonds is 2. The summed E-state index contributed by atoms with van der Waals surface area (Å²) in [7, 11) is 0. The first-order valence-electron chi connectivity index (χ1n) is 8.12. The summed E-state index contributed by atoms with van der Waals surface area (Å²) >= 11 is 1.56. The van der Waals surface area contributed by atoms with Gasteiger partial charge in [-0.3, -0.25) is 4.79 Å². The average molecular weight is 320 g/mol. The first kappa shape index (κ1) is 14.5. The second-order valence-electron chi connectivity index (χ2n) is 6.73. The number of hydrogen-bond donors (Lipinski definition) is 2. The topological polar surface area (TPSA) is 41.1 Å². The number of fused-ring (bicyclic) bond motifs is 1. The van der Waals surface area contributed by atoms with E-state index in [0.717, 1.165) is 50.1 Å². The van der Waals surface area contributed by atoms with Crippen molar-refractivity contribution >= 4 is 17.7 Å². The van der Waals surface area contributed by atoms with Gasteiger partial charge in [0.2, 0.25) is 5.91 Å². The van der Waals surface area contributed by atoms with E-state index in [9.17, 15) is 9.18 Å². The van der Waals surface area contributed by atoms with Crippen molar-refractivity contribution < 1.29 is 9.18 Å². The molecular formula is C17H21FN2OS. The van der Waals surface area contributed by atoms with Crippen molar-refractivity contribution in [3.8, 4) is 0 Å². The van der Waals surface area contributed by atoms with Crippen molar-refractivity contribution in [3.63, 3.8) is 0 Å². The molecule has 118 valence electrons. The van der Waals surface area contributed by atoms with Gasteiger partial charge in [-0.15, -0.1) is 11.8 Å². The van der Waals surface area contributed by atoms with Crippen LogP contribution in [0.3, 0.4) is 0 Å². The number of halogens is 1. The Balaban J connectivity index is 1.47. The summed E-state index contributed by atoms with van der Waals surface area (Å²) in [6, 6.07) is 5.16. The second-order valence-corrected chi connectivity index (χ2v) is 7.83. The minimum atomic E-state index is -0.164. The predicted molar refractivity (Wildman–Crippen MR) is 85.3 cm³/mol. The Morgan fingerprint density at radius 2 is 2.18 bits per heavy atom. The number of amides is 1. The quantitative estimate of drug-likeness (QED) is 0.880. The van der Waals surface area contributed by atoms with Gasteiger partial charge in [0, 0.05) is 16.6 Å². The zero-order valence-electron chi connectivity index (χ0n) is 12.5. The molecule has 0 radical (unpaired) electrons. The van der Waals surface area contributed by atoms with Crippen LogP contribution in [0.1, 0.15) is 37.3 Å². The van der Waals surface area contributed by atoms with Gasteiger partial charge in [-0.2, -0.15) is 0 Å². The number of nitrogens with one attached hydrogen (secondary N) is 2. The Labute approximate surface area is 134 Å². The van der Waals surface area contributed by atoms with Crippen LogP contribution in [-0.4, -0.2) is 24.7 Å². The molecule has 1 spiro atoms. The summed E-state index contributed by atoms with van der Waals surface area (Å²) in [5.41, 5.74) is 1.20. The molecule has 1 saturated carbocycles. The van der Waals surface area contributed by atoms with E-state index in [0.29, 0.717) is 4.90 Å². The van der Waals surface area contributed by atoms with Gasteiger partial charge in [0.1, 0.15) is 5.82 Å². The lowest BCUT2D eigenvalue weighted by atomic mass is 9.91. The van der Waals surface area contributed by atoms with Crippen LogP contribution >= 0.6 is 11.8 Å². The van der Waals surface area contributed by atoms with E-state index in [2.05, 4.69) is 10.6 Å². The third-order valence-corrected chi connectivity index (χ3v) is 6.61. The van der Waals surface area contributed by atoms with Gasteiger partial charge < -0.3 is 10.6 Å². The molecular weight excluding hydrogens is 299 g/mol. The molecule has 0 bridgehead atoms. The maximum atomic E-state index is 13.9. The van der Waals surface area contributed by atoms with E-state index >= 15 is 0 Å². The lowest BCUT2D eigenvalue weighted by molar-refractivity contribution is -0.124. The molecule has 2 N–H and O–H groups in total. The fourth-order valence-corrected chi connectivity index (χ4v) is 5.14. The molecule has 3 nitrogen and oxygen atoms in total. The number of benzene rings is 1. The molecule has 2 heterocycles. The van der Waals surface area contributed by atoms with Crippen molar-refractivity contribution in [3.05, 3.63) is 29.6 Å². The van der Waals surface area contributed by atoms with E-state index in [1.165, 1.54) is 6.07 Å². The van der Waals surface area contributed by atoms with Gasteiger partial charge in [-0.25, -0.2) is 4.39 Å². The number of thioether (sulfide) groups is 1. The molecule has 2 atom stereocenters. The molecule has 22 heavy (non-hydrogen) atoms. The molecule has 4 rings (SSSR count). The first-order chi connectivity index (χ1) is 10.7. The first-order valence-corrected chi connectivity index (χ1v) is 9.10. The summed E-state index contributed by atoms with van der Waals surface area (Å²) in [5, 5.41) is 6.56. The average Bonchev–Trinajstić information content (AvgIpc) is 3.22. The van der Waals surface area contributed by atoms with Crippen LogP contribution in [0.5, 0.6) is 0 Å². The van der Waals surface area contributed by atoms with E-state index < -0.39 is 0 Å². The SMILES string of the molecule is O=C(NC1CCSc2c(F)cccc21)C1CC12CCNCC2. The third-order valence-electron chi connectivity index (χ3n) is 5.45. The van der Waals surface area contributed by atoms with Crippen LogP contribution in [0.2, 0.25) is 0 Å². The summed E-state index contributed by atoms with van der Waals surface area (Å²) < 4.78 is 13.9. The van der Waals surface area contributed by atoms with Gasteiger partial charge in [0.15, 0.2) is 0 Å². The fraction of sp³-hybridized carbons (Fsp3) is 0.588. The van der Waals surface area contributed by atoms with Crippen LogP contribution in [0.15, 0.2) is 23.1 Å². The molecule has 2 aliphatic heterocycles. The standard InChI is InChI=1S/C17H21FN2OS/c18-13-3-1-2-11-14(4-9-22-15(11)13)20-16(21)12-10-17(12)5-7-19-8-6-17/h1-3,12,14,19H,4-10H2,(H,20,21). The van der Waals surface area contributed by atoms with Crippen molar-refractivity contribution in [1.29, 1.82) is 0 Å².